The lowest BCUT2D eigenvalue weighted by Crippen LogP contribution is -2.52. The number of imidazole rings is 1. The molecule has 3 heterocycles. The Bertz CT molecular complexity index is 955. The van der Waals surface area contributed by atoms with E-state index in [0.29, 0.717) is 12.2 Å². The van der Waals surface area contributed by atoms with Gasteiger partial charge in [-0.15, -0.1) is 24.0 Å². The van der Waals surface area contributed by atoms with Gasteiger partial charge >= 0.3 is 0 Å². The van der Waals surface area contributed by atoms with Crippen molar-refractivity contribution in [1.29, 1.82) is 0 Å². The van der Waals surface area contributed by atoms with E-state index in [4.69, 9.17) is 0 Å². The van der Waals surface area contributed by atoms with Crippen LogP contribution in [0.15, 0.2) is 66.3 Å². The van der Waals surface area contributed by atoms with Crippen LogP contribution in [0.2, 0.25) is 0 Å². The number of guanidine groups is 1. The molecule has 1 saturated heterocycles. The van der Waals surface area contributed by atoms with Crippen molar-refractivity contribution in [2.24, 2.45) is 4.99 Å². The molecular formula is C21H25FIN7. The third-order valence-corrected chi connectivity index (χ3v) is 5.01. The Hall–Kier alpha value is -2.69. The van der Waals surface area contributed by atoms with E-state index >= 15 is 0 Å². The van der Waals surface area contributed by atoms with Gasteiger partial charge in [-0.25, -0.2) is 14.4 Å². The summed E-state index contributed by atoms with van der Waals surface area (Å²) in [7, 11) is 1.77. The van der Waals surface area contributed by atoms with Crippen LogP contribution in [0.1, 0.15) is 5.56 Å². The van der Waals surface area contributed by atoms with Crippen LogP contribution >= 0.6 is 24.0 Å². The fourth-order valence-corrected chi connectivity index (χ4v) is 3.47. The zero-order valence-corrected chi connectivity index (χ0v) is 19.1. The third kappa shape index (κ3) is 5.07. The Morgan fingerprint density at radius 1 is 1.13 bits per heavy atom. The molecule has 0 amide bonds. The molecule has 0 spiro atoms. The zero-order chi connectivity index (χ0) is 20.1. The summed E-state index contributed by atoms with van der Waals surface area (Å²) >= 11 is 0. The number of hydrogen-bond acceptors (Lipinski definition) is 4. The molecule has 1 aliphatic heterocycles. The van der Waals surface area contributed by atoms with E-state index < -0.39 is 0 Å². The molecule has 4 rings (SSSR count). The van der Waals surface area contributed by atoms with Gasteiger partial charge in [0.15, 0.2) is 5.96 Å². The second-order valence-electron chi connectivity index (χ2n) is 6.82. The van der Waals surface area contributed by atoms with Crippen LogP contribution in [-0.2, 0) is 6.54 Å². The van der Waals surface area contributed by atoms with Crippen molar-refractivity contribution in [3.8, 4) is 5.69 Å². The molecule has 30 heavy (non-hydrogen) atoms. The van der Waals surface area contributed by atoms with Crippen LogP contribution in [0.3, 0.4) is 0 Å². The molecule has 0 radical (unpaired) electrons. The topological polar surface area (TPSA) is 61.6 Å². The first-order chi connectivity index (χ1) is 14.2. The molecule has 0 saturated carbocycles. The van der Waals surface area contributed by atoms with Crippen molar-refractivity contribution < 1.29 is 4.39 Å². The number of nitrogens with zero attached hydrogens (tertiary/aromatic N) is 6. The summed E-state index contributed by atoms with van der Waals surface area (Å²) < 4.78 is 16.1. The zero-order valence-electron chi connectivity index (χ0n) is 16.8. The first-order valence-electron chi connectivity index (χ1n) is 9.63. The maximum absolute atomic E-state index is 14.5. The molecule has 158 valence electrons. The van der Waals surface area contributed by atoms with Gasteiger partial charge in [0.05, 0.1) is 12.0 Å². The van der Waals surface area contributed by atoms with Gasteiger partial charge in [-0.1, -0.05) is 12.1 Å². The molecule has 0 bridgehead atoms. The minimum atomic E-state index is -0.277. The lowest BCUT2D eigenvalue weighted by atomic mass is 10.2. The summed E-state index contributed by atoms with van der Waals surface area (Å²) in [5.41, 5.74) is 1.35. The van der Waals surface area contributed by atoms with Crippen molar-refractivity contribution in [3.05, 3.63) is 72.7 Å². The molecule has 9 heteroatoms. The normalized spacial score (nSPS) is 14.4. The fraction of sp³-hybridized carbons (Fsp3) is 0.286. The molecule has 1 fully saturated rings. The van der Waals surface area contributed by atoms with Crippen LogP contribution in [0, 0.1) is 5.82 Å². The number of anilines is 1. The Balaban J connectivity index is 0.00000256. The van der Waals surface area contributed by atoms with Gasteiger partial charge in [-0.05, 0) is 29.8 Å². The van der Waals surface area contributed by atoms with Crippen molar-refractivity contribution in [2.45, 2.75) is 6.54 Å². The molecule has 0 unspecified atom stereocenters. The molecule has 1 aromatic carbocycles. The second kappa shape index (κ2) is 10.4. The Kier molecular flexibility index (Phi) is 7.61. The monoisotopic (exact) mass is 521 g/mol. The lowest BCUT2D eigenvalue weighted by molar-refractivity contribution is 0.371. The third-order valence-electron chi connectivity index (χ3n) is 5.01. The van der Waals surface area contributed by atoms with E-state index in [0.717, 1.165) is 43.5 Å². The number of aliphatic imine (C=N–C) groups is 1. The molecule has 0 aliphatic carbocycles. The fourth-order valence-electron chi connectivity index (χ4n) is 3.47. The first-order valence-corrected chi connectivity index (χ1v) is 9.63. The van der Waals surface area contributed by atoms with Gasteiger partial charge in [0.1, 0.15) is 11.6 Å². The number of rotatable bonds is 4. The van der Waals surface area contributed by atoms with Gasteiger partial charge in [-0.3, -0.25) is 4.99 Å². The molecular weight excluding hydrogens is 496 g/mol. The minimum absolute atomic E-state index is 0. The van der Waals surface area contributed by atoms with Crippen molar-refractivity contribution >= 4 is 35.8 Å². The molecule has 7 nitrogen and oxygen atoms in total. The number of hydrogen-bond donors (Lipinski definition) is 1. The first kappa shape index (κ1) is 22.0. The summed E-state index contributed by atoms with van der Waals surface area (Å²) in [5.74, 6) is 1.55. The smallest absolute Gasteiger partial charge is 0.194 e. The van der Waals surface area contributed by atoms with Gasteiger partial charge in [-0.2, -0.15) is 0 Å². The number of nitrogens with one attached hydrogen (secondary N) is 1. The standard InChI is InChI=1S/C21H24FN7.HI/c1-23-21(28-12-10-27(11-13-28)20-4-2-3-7-25-20)26-15-17-5-6-19(18(22)14-17)29-9-8-24-16-29;/h2-9,14,16H,10-13,15H2,1H3,(H,23,26);1H. The van der Waals surface area contributed by atoms with E-state index in [9.17, 15) is 4.39 Å². The predicted molar refractivity (Wildman–Crippen MR) is 127 cm³/mol. The Morgan fingerprint density at radius 2 is 1.97 bits per heavy atom. The van der Waals surface area contributed by atoms with E-state index in [1.165, 1.54) is 0 Å². The molecule has 1 N–H and O–H groups in total. The highest BCUT2D eigenvalue weighted by atomic mass is 127. The van der Waals surface area contributed by atoms with Crippen LogP contribution in [-0.4, -0.2) is 58.6 Å². The van der Waals surface area contributed by atoms with Crippen LogP contribution in [0.5, 0.6) is 0 Å². The van der Waals surface area contributed by atoms with E-state index in [1.54, 1.807) is 42.5 Å². The van der Waals surface area contributed by atoms with E-state index in [1.807, 2.05) is 30.5 Å². The molecule has 0 atom stereocenters. The summed E-state index contributed by atoms with van der Waals surface area (Å²) in [5, 5.41) is 3.35. The Labute approximate surface area is 192 Å². The van der Waals surface area contributed by atoms with Crippen molar-refractivity contribution in [3.63, 3.8) is 0 Å². The van der Waals surface area contributed by atoms with Gasteiger partial charge < -0.3 is 19.7 Å². The number of pyridine rings is 1. The number of halogens is 2. The minimum Gasteiger partial charge on any atom is -0.353 e. The van der Waals surface area contributed by atoms with Crippen LogP contribution < -0.4 is 10.2 Å². The van der Waals surface area contributed by atoms with Gasteiger partial charge in [0.2, 0.25) is 0 Å². The molecule has 1 aliphatic rings. The highest BCUT2D eigenvalue weighted by Gasteiger charge is 2.20. The Morgan fingerprint density at radius 3 is 2.60 bits per heavy atom. The average Bonchev–Trinajstić information content (AvgIpc) is 3.30. The van der Waals surface area contributed by atoms with Crippen LogP contribution in [0.25, 0.3) is 5.69 Å². The second-order valence-corrected chi connectivity index (χ2v) is 6.82. The molecule has 2 aromatic heterocycles. The quantitative estimate of drug-likeness (QED) is 0.325. The summed E-state index contributed by atoms with van der Waals surface area (Å²) in [6.45, 7) is 3.97. The summed E-state index contributed by atoms with van der Waals surface area (Å²) in [6, 6.07) is 11.2. The highest BCUT2D eigenvalue weighted by molar-refractivity contribution is 14.0. The van der Waals surface area contributed by atoms with Crippen molar-refractivity contribution in [1.82, 2.24) is 24.8 Å². The number of benzene rings is 1. The van der Waals surface area contributed by atoms with Crippen LogP contribution in [0.4, 0.5) is 10.2 Å². The number of aromatic nitrogens is 3. The highest BCUT2D eigenvalue weighted by Crippen LogP contribution is 2.16. The van der Waals surface area contributed by atoms with Gasteiger partial charge in [0, 0.05) is 58.4 Å². The largest absolute Gasteiger partial charge is 0.353 e. The summed E-state index contributed by atoms with van der Waals surface area (Å²) in [6.07, 6.45) is 6.76. The summed E-state index contributed by atoms with van der Waals surface area (Å²) in [4.78, 5) is 17.3. The van der Waals surface area contributed by atoms with Crippen molar-refractivity contribution in [2.75, 3.05) is 38.1 Å². The number of piperazine rings is 1. The average molecular weight is 521 g/mol. The SMILES string of the molecule is CN=C(NCc1ccc(-n2ccnc2)c(F)c1)N1CCN(c2ccccn2)CC1.I. The lowest BCUT2D eigenvalue weighted by Gasteiger charge is -2.37. The predicted octanol–water partition coefficient (Wildman–Crippen LogP) is 2.92. The van der Waals surface area contributed by atoms with E-state index in [-0.39, 0.29) is 29.8 Å². The molecule has 3 aromatic rings. The van der Waals surface area contributed by atoms with E-state index in [2.05, 4.69) is 30.1 Å². The maximum Gasteiger partial charge on any atom is 0.194 e. The van der Waals surface area contributed by atoms with Gasteiger partial charge in [0.25, 0.3) is 0 Å². The maximum atomic E-state index is 14.5.